The molecule has 106 valence electrons. The maximum atomic E-state index is 5.65. The summed E-state index contributed by atoms with van der Waals surface area (Å²) in [5.41, 5.74) is 9.28. The number of aromatic nitrogens is 4. The van der Waals surface area contributed by atoms with Gasteiger partial charge in [0, 0.05) is 17.1 Å². The van der Waals surface area contributed by atoms with Crippen LogP contribution in [0.4, 0.5) is 17.2 Å². The molecule has 0 aliphatic heterocycles. The van der Waals surface area contributed by atoms with E-state index in [1.54, 1.807) is 4.68 Å². The van der Waals surface area contributed by atoms with Gasteiger partial charge in [0.1, 0.15) is 0 Å². The molecule has 0 bridgehead atoms. The van der Waals surface area contributed by atoms with Crippen molar-refractivity contribution in [3.8, 4) is 5.82 Å². The van der Waals surface area contributed by atoms with E-state index in [0.29, 0.717) is 11.6 Å². The Bertz CT molecular complexity index is 743. The van der Waals surface area contributed by atoms with Gasteiger partial charge in [-0.2, -0.15) is 5.10 Å². The first-order chi connectivity index (χ1) is 10.1. The third kappa shape index (κ3) is 2.84. The average Bonchev–Trinajstić information content (AvgIpc) is 2.81. The quantitative estimate of drug-likeness (QED) is 0.721. The van der Waals surface area contributed by atoms with Gasteiger partial charge >= 0.3 is 0 Å². The van der Waals surface area contributed by atoms with Crippen molar-refractivity contribution in [3.63, 3.8) is 0 Å². The van der Waals surface area contributed by atoms with Crippen LogP contribution < -0.4 is 11.1 Å². The van der Waals surface area contributed by atoms with Gasteiger partial charge in [-0.1, -0.05) is 0 Å². The van der Waals surface area contributed by atoms with Crippen LogP contribution in [0.15, 0.2) is 42.5 Å². The SMILES string of the molecule is Cc1cc(C)n(-c2ccc(Nc3ccc(N)cc3)nn2)n1. The zero-order valence-corrected chi connectivity index (χ0v) is 11.9. The van der Waals surface area contributed by atoms with Gasteiger partial charge in [-0.3, -0.25) is 0 Å². The summed E-state index contributed by atoms with van der Waals surface area (Å²) in [5.74, 6) is 1.37. The molecule has 3 rings (SSSR count). The second-order valence-corrected chi connectivity index (χ2v) is 4.86. The standard InChI is InChI=1S/C15H16N6/c1-10-9-11(2)21(20-10)15-8-7-14(18-19-15)17-13-5-3-12(16)4-6-13/h3-9H,16H2,1-2H3,(H,17,18). The Morgan fingerprint density at radius 2 is 1.76 bits per heavy atom. The van der Waals surface area contributed by atoms with E-state index in [4.69, 9.17) is 5.73 Å². The zero-order chi connectivity index (χ0) is 14.8. The van der Waals surface area contributed by atoms with E-state index in [1.807, 2.05) is 56.3 Å². The highest BCUT2D eigenvalue weighted by atomic mass is 15.4. The summed E-state index contributed by atoms with van der Waals surface area (Å²) >= 11 is 0. The number of benzene rings is 1. The largest absolute Gasteiger partial charge is 0.399 e. The van der Waals surface area contributed by atoms with E-state index in [1.165, 1.54) is 0 Å². The minimum atomic E-state index is 0.671. The highest BCUT2D eigenvalue weighted by molar-refractivity contribution is 5.58. The first-order valence-electron chi connectivity index (χ1n) is 6.62. The van der Waals surface area contributed by atoms with Crippen molar-refractivity contribution in [2.75, 3.05) is 11.1 Å². The predicted molar refractivity (Wildman–Crippen MR) is 82.8 cm³/mol. The molecule has 0 unspecified atom stereocenters. The molecule has 0 spiro atoms. The Hall–Kier alpha value is -2.89. The summed E-state index contributed by atoms with van der Waals surface area (Å²) < 4.78 is 1.77. The smallest absolute Gasteiger partial charge is 0.176 e. The van der Waals surface area contributed by atoms with Crippen LogP contribution >= 0.6 is 0 Å². The van der Waals surface area contributed by atoms with E-state index in [0.717, 1.165) is 22.8 Å². The van der Waals surface area contributed by atoms with Crippen molar-refractivity contribution < 1.29 is 0 Å². The fraction of sp³-hybridized carbons (Fsp3) is 0.133. The molecule has 3 aromatic rings. The highest BCUT2D eigenvalue weighted by Gasteiger charge is 2.05. The van der Waals surface area contributed by atoms with E-state index in [2.05, 4.69) is 20.6 Å². The fourth-order valence-corrected chi connectivity index (χ4v) is 2.08. The van der Waals surface area contributed by atoms with Crippen LogP contribution in [-0.4, -0.2) is 20.0 Å². The Labute approximate surface area is 122 Å². The molecule has 0 aliphatic rings. The van der Waals surface area contributed by atoms with Gasteiger partial charge in [0.05, 0.1) is 5.69 Å². The van der Waals surface area contributed by atoms with E-state index >= 15 is 0 Å². The van der Waals surface area contributed by atoms with Crippen molar-refractivity contribution in [1.82, 2.24) is 20.0 Å². The lowest BCUT2D eigenvalue weighted by molar-refractivity contribution is 0.783. The van der Waals surface area contributed by atoms with Gasteiger partial charge in [0.2, 0.25) is 0 Å². The number of anilines is 3. The zero-order valence-electron chi connectivity index (χ0n) is 11.9. The average molecular weight is 280 g/mol. The number of rotatable bonds is 3. The molecule has 0 fully saturated rings. The number of hydrogen-bond donors (Lipinski definition) is 2. The lowest BCUT2D eigenvalue weighted by Gasteiger charge is -2.06. The van der Waals surface area contributed by atoms with Crippen LogP contribution in [0.25, 0.3) is 5.82 Å². The molecule has 6 nitrogen and oxygen atoms in total. The third-order valence-corrected chi connectivity index (χ3v) is 3.06. The van der Waals surface area contributed by atoms with Crippen molar-refractivity contribution in [1.29, 1.82) is 0 Å². The molecule has 3 N–H and O–H groups in total. The first kappa shape index (κ1) is 13.1. The second-order valence-electron chi connectivity index (χ2n) is 4.86. The summed E-state index contributed by atoms with van der Waals surface area (Å²) in [6, 6.07) is 13.2. The number of hydrogen-bond acceptors (Lipinski definition) is 5. The molecule has 0 saturated heterocycles. The maximum Gasteiger partial charge on any atom is 0.176 e. The summed E-state index contributed by atoms with van der Waals surface area (Å²) in [5, 5.41) is 15.9. The summed E-state index contributed by atoms with van der Waals surface area (Å²) in [7, 11) is 0. The summed E-state index contributed by atoms with van der Waals surface area (Å²) in [6.07, 6.45) is 0. The Kier molecular flexibility index (Phi) is 3.27. The molecule has 2 aromatic heterocycles. The van der Waals surface area contributed by atoms with Gasteiger partial charge in [-0.15, -0.1) is 10.2 Å². The van der Waals surface area contributed by atoms with Gasteiger partial charge in [0.25, 0.3) is 0 Å². The third-order valence-electron chi connectivity index (χ3n) is 3.06. The second kappa shape index (κ2) is 5.24. The Morgan fingerprint density at radius 1 is 1.00 bits per heavy atom. The van der Waals surface area contributed by atoms with Gasteiger partial charge in [0.15, 0.2) is 11.6 Å². The molecule has 21 heavy (non-hydrogen) atoms. The van der Waals surface area contributed by atoms with Gasteiger partial charge in [-0.25, -0.2) is 4.68 Å². The van der Waals surface area contributed by atoms with Crippen LogP contribution in [0.1, 0.15) is 11.4 Å². The van der Waals surface area contributed by atoms with Crippen LogP contribution in [0.2, 0.25) is 0 Å². The topological polar surface area (TPSA) is 81.7 Å². The number of nitrogens with zero attached hydrogens (tertiary/aromatic N) is 4. The molecule has 0 atom stereocenters. The van der Waals surface area contributed by atoms with E-state index in [9.17, 15) is 0 Å². The molecule has 6 heteroatoms. The summed E-state index contributed by atoms with van der Waals surface area (Å²) in [4.78, 5) is 0. The molecule has 0 radical (unpaired) electrons. The normalized spacial score (nSPS) is 10.6. The van der Waals surface area contributed by atoms with Gasteiger partial charge in [-0.05, 0) is 56.3 Å². The Morgan fingerprint density at radius 3 is 2.33 bits per heavy atom. The van der Waals surface area contributed by atoms with Crippen LogP contribution in [0.5, 0.6) is 0 Å². The minimum absolute atomic E-state index is 0.671. The van der Waals surface area contributed by atoms with Crippen molar-refractivity contribution >= 4 is 17.2 Å². The number of nitrogens with one attached hydrogen (secondary N) is 1. The molecule has 0 saturated carbocycles. The first-order valence-corrected chi connectivity index (χ1v) is 6.62. The van der Waals surface area contributed by atoms with Crippen LogP contribution in [-0.2, 0) is 0 Å². The molecule has 0 aliphatic carbocycles. The number of aryl methyl sites for hydroxylation is 2. The molecule has 0 amide bonds. The monoisotopic (exact) mass is 280 g/mol. The van der Waals surface area contributed by atoms with Crippen molar-refractivity contribution in [2.45, 2.75) is 13.8 Å². The van der Waals surface area contributed by atoms with E-state index in [-0.39, 0.29) is 0 Å². The van der Waals surface area contributed by atoms with Crippen LogP contribution in [0, 0.1) is 13.8 Å². The maximum absolute atomic E-state index is 5.65. The molecular formula is C15H16N6. The lowest BCUT2D eigenvalue weighted by atomic mass is 10.3. The minimum Gasteiger partial charge on any atom is -0.399 e. The number of nitrogen functional groups attached to an aromatic ring is 1. The number of nitrogens with two attached hydrogens (primary N) is 1. The molecule has 2 heterocycles. The van der Waals surface area contributed by atoms with Gasteiger partial charge < -0.3 is 11.1 Å². The van der Waals surface area contributed by atoms with Crippen molar-refractivity contribution in [3.05, 3.63) is 53.9 Å². The molecule has 1 aromatic carbocycles. The Balaban J connectivity index is 1.81. The van der Waals surface area contributed by atoms with Crippen molar-refractivity contribution in [2.24, 2.45) is 0 Å². The molecular weight excluding hydrogens is 264 g/mol. The highest BCUT2D eigenvalue weighted by Crippen LogP contribution is 2.16. The summed E-state index contributed by atoms with van der Waals surface area (Å²) in [6.45, 7) is 3.94. The fourth-order valence-electron chi connectivity index (χ4n) is 2.08. The predicted octanol–water partition coefficient (Wildman–Crippen LogP) is 2.60. The lowest BCUT2D eigenvalue weighted by Crippen LogP contribution is -2.04. The van der Waals surface area contributed by atoms with Crippen LogP contribution in [0.3, 0.4) is 0 Å². The van der Waals surface area contributed by atoms with E-state index < -0.39 is 0 Å².